The number of hydrogen-bond acceptors (Lipinski definition) is 2. The predicted molar refractivity (Wildman–Crippen MR) is 102 cm³/mol. The minimum absolute atomic E-state index is 0.884. The van der Waals surface area contributed by atoms with Gasteiger partial charge in [-0.1, -0.05) is 48.5 Å². The van der Waals surface area contributed by atoms with Crippen LogP contribution in [0.4, 0.5) is 0 Å². The van der Waals surface area contributed by atoms with Gasteiger partial charge >= 0.3 is 0 Å². The molecule has 0 radical (unpaired) electrons. The number of para-hydroxylation sites is 2. The number of rotatable bonds is 2. The average molecular weight is 321 g/mol. The van der Waals surface area contributed by atoms with Crippen LogP contribution in [-0.2, 0) is 0 Å². The summed E-state index contributed by atoms with van der Waals surface area (Å²) in [4.78, 5) is 12.9. The van der Waals surface area contributed by atoms with Gasteiger partial charge in [0.25, 0.3) is 0 Å². The highest BCUT2D eigenvalue weighted by molar-refractivity contribution is 5.87. The molecule has 2 heterocycles. The van der Waals surface area contributed by atoms with E-state index in [1.54, 1.807) is 0 Å². The third kappa shape index (κ3) is 2.46. The van der Waals surface area contributed by atoms with Crippen molar-refractivity contribution in [2.24, 2.45) is 0 Å². The van der Waals surface area contributed by atoms with Crippen LogP contribution < -0.4 is 0 Å². The molecule has 0 aliphatic heterocycles. The summed E-state index contributed by atoms with van der Waals surface area (Å²) in [5.74, 6) is 0.884. The monoisotopic (exact) mass is 321 g/mol. The van der Waals surface area contributed by atoms with Gasteiger partial charge in [0, 0.05) is 16.5 Å². The summed E-state index contributed by atoms with van der Waals surface area (Å²) in [6, 6.07) is 28.8. The van der Waals surface area contributed by atoms with Gasteiger partial charge < -0.3 is 4.98 Å². The van der Waals surface area contributed by atoms with E-state index in [4.69, 9.17) is 4.98 Å². The minimum Gasteiger partial charge on any atom is -0.338 e. The fourth-order valence-electron chi connectivity index (χ4n) is 3.13. The molecule has 0 spiro atoms. The molecule has 3 aromatic carbocycles. The van der Waals surface area contributed by atoms with Gasteiger partial charge in [-0.3, -0.25) is 0 Å². The summed E-state index contributed by atoms with van der Waals surface area (Å²) in [6.07, 6.45) is 0. The fraction of sp³-hybridized carbons (Fsp3) is 0. The molecule has 0 unspecified atom stereocenters. The molecular formula is C22H15N3. The summed E-state index contributed by atoms with van der Waals surface area (Å²) in [5.41, 5.74) is 6.21. The molecule has 3 nitrogen and oxygen atoms in total. The molecule has 5 aromatic rings. The van der Waals surface area contributed by atoms with E-state index in [-0.39, 0.29) is 0 Å². The van der Waals surface area contributed by atoms with Crippen molar-refractivity contribution in [2.75, 3.05) is 0 Å². The molecule has 118 valence electrons. The molecule has 0 amide bonds. The van der Waals surface area contributed by atoms with Crippen LogP contribution in [0.15, 0.2) is 84.9 Å². The largest absolute Gasteiger partial charge is 0.338 e. The summed E-state index contributed by atoms with van der Waals surface area (Å²) >= 11 is 0. The van der Waals surface area contributed by atoms with E-state index in [0.29, 0.717) is 0 Å². The van der Waals surface area contributed by atoms with Gasteiger partial charge in [-0.15, -0.1) is 0 Å². The maximum absolute atomic E-state index is 4.79. The van der Waals surface area contributed by atoms with E-state index in [9.17, 15) is 0 Å². The van der Waals surface area contributed by atoms with Crippen LogP contribution >= 0.6 is 0 Å². The van der Waals surface area contributed by atoms with Crippen LogP contribution in [0.1, 0.15) is 0 Å². The van der Waals surface area contributed by atoms with Crippen molar-refractivity contribution in [1.29, 1.82) is 0 Å². The maximum atomic E-state index is 4.79. The fourth-order valence-corrected chi connectivity index (χ4v) is 3.13. The number of imidazole rings is 1. The van der Waals surface area contributed by atoms with Gasteiger partial charge in [0.15, 0.2) is 0 Å². The van der Waals surface area contributed by atoms with Gasteiger partial charge in [0.1, 0.15) is 5.82 Å². The highest BCUT2D eigenvalue weighted by atomic mass is 14.9. The van der Waals surface area contributed by atoms with Crippen molar-refractivity contribution < 1.29 is 0 Å². The first-order chi connectivity index (χ1) is 12.4. The van der Waals surface area contributed by atoms with Crippen molar-refractivity contribution in [3.63, 3.8) is 0 Å². The maximum Gasteiger partial charge on any atom is 0.138 e. The van der Waals surface area contributed by atoms with Crippen molar-refractivity contribution >= 4 is 21.9 Å². The second-order valence-electron chi connectivity index (χ2n) is 6.07. The minimum atomic E-state index is 0.884. The SMILES string of the molecule is c1ccc(-c2ccc3cc(-c4nc5ccccc5[nH]4)ccc3n2)cc1. The molecule has 2 aromatic heterocycles. The van der Waals surface area contributed by atoms with Crippen LogP contribution in [0.25, 0.3) is 44.6 Å². The molecule has 1 N–H and O–H groups in total. The second kappa shape index (κ2) is 5.56. The van der Waals surface area contributed by atoms with Crippen LogP contribution in [0, 0.1) is 0 Å². The molecule has 0 atom stereocenters. The molecule has 0 aliphatic rings. The number of hydrogen-bond donors (Lipinski definition) is 1. The van der Waals surface area contributed by atoms with E-state index in [1.165, 1.54) is 0 Å². The van der Waals surface area contributed by atoms with Gasteiger partial charge in [0.2, 0.25) is 0 Å². The third-order valence-corrected chi connectivity index (χ3v) is 4.42. The third-order valence-electron chi connectivity index (χ3n) is 4.42. The zero-order valence-electron chi connectivity index (χ0n) is 13.5. The Balaban J connectivity index is 1.60. The zero-order chi connectivity index (χ0) is 16.6. The number of H-pyrrole nitrogens is 1. The molecule has 5 rings (SSSR count). The highest BCUT2D eigenvalue weighted by Gasteiger charge is 2.07. The Kier molecular flexibility index (Phi) is 3.10. The van der Waals surface area contributed by atoms with Gasteiger partial charge in [-0.25, -0.2) is 9.97 Å². The molecule has 0 bridgehead atoms. The first-order valence-corrected chi connectivity index (χ1v) is 8.28. The van der Waals surface area contributed by atoms with Gasteiger partial charge in [0.05, 0.1) is 22.2 Å². The Morgan fingerprint density at radius 3 is 2.32 bits per heavy atom. The van der Waals surface area contributed by atoms with E-state index < -0.39 is 0 Å². The van der Waals surface area contributed by atoms with Gasteiger partial charge in [-0.05, 0) is 36.4 Å². The summed E-state index contributed by atoms with van der Waals surface area (Å²) in [5, 5.41) is 1.11. The molecule has 0 fully saturated rings. The van der Waals surface area contributed by atoms with Crippen LogP contribution in [0.5, 0.6) is 0 Å². The summed E-state index contributed by atoms with van der Waals surface area (Å²) in [6.45, 7) is 0. The number of aromatic amines is 1. The lowest BCUT2D eigenvalue weighted by Crippen LogP contribution is -1.87. The van der Waals surface area contributed by atoms with E-state index in [1.807, 2.05) is 42.5 Å². The normalized spacial score (nSPS) is 11.2. The van der Waals surface area contributed by atoms with Crippen LogP contribution in [0.3, 0.4) is 0 Å². The molecule has 25 heavy (non-hydrogen) atoms. The Morgan fingerprint density at radius 2 is 1.44 bits per heavy atom. The molecular weight excluding hydrogens is 306 g/mol. The van der Waals surface area contributed by atoms with E-state index in [2.05, 4.69) is 52.4 Å². The predicted octanol–water partition coefficient (Wildman–Crippen LogP) is 5.45. The number of nitrogens with zero attached hydrogens (tertiary/aromatic N) is 2. The van der Waals surface area contributed by atoms with Crippen molar-refractivity contribution in [3.05, 3.63) is 84.9 Å². The second-order valence-corrected chi connectivity index (χ2v) is 6.07. The Morgan fingerprint density at radius 1 is 0.600 bits per heavy atom. The molecule has 0 saturated carbocycles. The van der Waals surface area contributed by atoms with Crippen molar-refractivity contribution in [1.82, 2.24) is 15.0 Å². The zero-order valence-corrected chi connectivity index (χ0v) is 13.5. The number of benzene rings is 3. The lowest BCUT2D eigenvalue weighted by atomic mass is 10.1. The van der Waals surface area contributed by atoms with Crippen LogP contribution in [0.2, 0.25) is 0 Å². The average Bonchev–Trinajstić information content (AvgIpc) is 3.12. The summed E-state index contributed by atoms with van der Waals surface area (Å²) in [7, 11) is 0. The first kappa shape index (κ1) is 13.9. The molecule has 0 aliphatic carbocycles. The molecule has 0 saturated heterocycles. The standard InChI is InChI=1S/C22H15N3/c1-2-6-15(7-3-1)18-12-10-16-14-17(11-13-19(16)23-18)22-24-20-8-4-5-9-21(20)25-22/h1-14H,(H,24,25). The number of fused-ring (bicyclic) bond motifs is 2. The Bertz CT molecular complexity index is 1160. The van der Waals surface area contributed by atoms with Gasteiger partial charge in [-0.2, -0.15) is 0 Å². The smallest absolute Gasteiger partial charge is 0.138 e. The number of pyridine rings is 1. The van der Waals surface area contributed by atoms with E-state index in [0.717, 1.165) is 44.6 Å². The van der Waals surface area contributed by atoms with E-state index >= 15 is 0 Å². The van der Waals surface area contributed by atoms with Crippen molar-refractivity contribution in [3.8, 4) is 22.6 Å². The topological polar surface area (TPSA) is 41.6 Å². The quantitative estimate of drug-likeness (QED) is 0.470. The highest BCUT2D eigenvalue weighted by Crippen LogP contribution is 2.26. The van der Waals surface area contributed by atoms with Crippen LogP contribution in [-0.4, -0.2) is 15.0 Å². The number of aromatic nitrogens is 3. The first-order valence-electron chi connectivity index (χ1n) is 8.28. The number of nitrogens with one attached hydrogen (secondary N) is 1. The Hall–Kier alpha value is -3.46. The Labute approximate surface area is 145 Å². The van der Waals surface area contributed by atoms with Crippen molar-refractivity contribution in [2.45, 2.75) is 0 Å². The lowest BCUT2D eigenvalue weighted by molar-refractivity contribution is 1.33. The lowest BCUT2D eigenvalue weighted by Gasteiger charge is -2.05. The summed E-state index contributed by atoms with van der Waals surface area (Å²) < 4.78 is 0. The molecule has 3 heteroatoms.